The molecule has 14 aromatic carbocycles. The van der Waals surface area contributed by atoms with E-state index in [-0.39, 0.29) is 0 Å². The van der Waals surface area contributed by atoms with Gasteiger partial charge < -0.3 is 22.8 Å². The Morgan fingerprint density at radius 1 is 0.237 bits per heavy atom. The van der Waals surface area contributed by atoms with Crippen molar-refractivity contribution in [1.82, 2.24) is 22.8 Å². The number of nitriles is 1. The van der Waals surface area contributed by atoms with Crippen LogP contribution in [0.25, 0.3) is 177 Å². The van der Waals surface area contributed by atoms with Gasteiger partial charge in [-0.3, -0.25) is 0 Å². The smallest absolute Gasteiger partial charge is 0.105 e. The van der Waals surface area contributed by atoms with Crippen LogP contribution in [0.1, 0.15) is 23.2 Å². The molecule has 0 atom stereocenters. The van der Waals surface area contributed by atoms with Gasteiger partial charge in [0.1, 0.15) is 11.6 Å². The van der Waals surface area contributed by atoms with Gasteiger partial charge >= 0.3 is 0 Å². The number of benzene rings is 14. The fourth-order valence-corrected chi connectivity index (χ4v) is 16.4. The SMILES string of the molecule is N#Cc1c(-n2c3c(c4ccccc42)CCC=C3)c(-n2c3ccc(-c4ccccc4)cc3c3cc(-c4ccccc4)ccc32)c(-n2c3ccccc3c3ccccc32)c(-n2c3ccc(-c4ccccc4)cc3c3cc(-c4ccccc4)ccc32)c1-n1c2ccccc2c2ccccc21. The highest BCUT2D eigenvalue weighted by molar-refractivity contribution is 6.18. The van der Waals surface area contributed by atoms with E-state index < -0.39 is 0 Å². The molecule has 0 saturated carbocycles. The van der Waals surface area contributed by atoms with Crippen LogP contribution in [0.5, 0.6) is 0 Å². The molecular formula is C91H58N6. The van der Waals surface area contributed by atoms with Gasteiger partial charge in [0.15, 0.2) is 0 Å². The third kappa shape index (κ3) is 8.13. The maximum Gasteiger partial charge on any atom is 0.105 e. The highest BCUT2D eigenvalue weighted by Gasteiger charge is 2.37. The Kier molecular flexibility index (Phi) is 12.1. The van der Waals surface area contributed by atoms with Gasteiger partial charge in [0.2, 0.25) is 0 Å². The van der Waals surface area contributed by atoms with Crippen molar-refractivity contribution in [2.45, 2.75) is 12.8 Å². The van der Waals surface area contributed by atoms with Gasteiger partial charge in [-0.05, 0) is 148 Å². The molecule has 0 spiro atoms. The van der Waals surface area contributed by atoms with E-state index in [1.807, 2.05) is 0 Å². The van der Waals surface area contributed by atoms with Crippen molar-refractivity contribution in [3.05, 3.63) is 338 Å². The number of para-hydroxylation sites is 5. The van der Waals surface area contributed by atoms with E-state index in [1.54, 1.807) is 0 Å². The van der Waals surface area contributed by atoms with E-state index in [2.05, 4.69) is 357 Å². The molecule has 0 bridgehead atoms. The van der Waals surface area contributed by atoms with Crippen LogP contribution in [0.4, 0.5) is 0 Å². The first-order chi connectivity index (χ1) is 48.1. The third-order valence-electron chi connectivity index (χ3n) is 20.6. The minimum absolute atomic E-state index is 0.525. The molecule has 0 N–H and O–H groups in total. The van der Waals surface area contributed by atoms with Gasteiger partial charge in [-0.25, -0.2) is 0 Å². The summed E-state index contributed by atoms with van der Waals surface area (Å²) in [6.45, 7) is 0. The molecule has 1 aliphatic carbocycles. The Morgan fingerprint density at radius 3 is 0.845 bits per heavy atom. The summed E-state index contributed by atoms with van der Waals surface area (Å²) in [6, 6.07) is 119. The molecule has 19 aromatic rings. The minimum atomic E-state index is 0.525. The van der Waals surface area contributed by atoms with E-state index in [0.717, 1.165) is 184 Å². The fourth-order valence-electron chi connectivity index (χ4n) is 16.4. The van der Waals surface area contributed by atoms with Crippen LogP contribution in [-0.2, 0) is 6.42 Å². The molecular weight excluding hydrogens is 1180 g/mol. The zero-order valence-corrected chi connectivity index (χ0v) is 52.8. The number of allylic oxidation sites excluding steroid dienone is 1. The average Bonchev–Trinajstić information content (AvgIpc) is 1.58. The van der Waals surface area contributed by atoms with Gasteiger partial charge in [-0.1, -0.05) is 243 Å². The van der Waals surface area contributed by atoms with Crippen molar-refractivity contribution in [1.29, 1.82) is 5.26 Å². The standard InChI is InChI=1S/C91H58N6/c92-57-76-87(93-77-39-19-13-33-66(77)67-34-14-20-40-78(67)93)89(96-83-49-45-62(58-25-5-1-6-26-58)53-72(83)73-54-63(46-50-84(73)96)59-27-7-2-8-28-59)91(95-81-43-23-17-37-70(81)71-38-18-24-44-82(71)95)90(88(76)94-79-41-21-15-35-68(79)69-36-16-22-42-80(69)94)97-85-51-47-64(60-29-9-3-10-30-60)55-74(85)75-56-65(48-52-86(75)97)61-31-11-4-12-32-61/h1-15,17-35,37-56H,16,36H2. The van der Waals surface area contributed by atoms with Gasteiger partial charge in [0.05, 0.1) is 78.1 Å². The Hall–Kier alpha value is -13.0. The molecule has 5 aromatic heterocycles. The second-order valence-corrected chi connectivity index (χ2v) is 25.7. The lowest BCUT2D eigenvalue weighted by molar-refractivity contribution is 0.947. The van der Waals surface area contributed by atoms with Crippen molar-refractivity contribution >= 4 is 104 Å². The topological polar surface area (TPSA) is 48.4 Å². The molecule has 452 valence electrons. The van der Waals surface area contributed by atoms with Crippen molar-refractivity contribution < 1.29 is 0 Å². The molecule has 0 aliphatic heterocycles. The third-order valence-corrected chi connectivity index (χ3v) is 20.6. The second-order valence-electron chi connectivity index (χ2n) is 25.7. The quantitative estimate of drug-likeness (QED) is 0.142. The first-order valence-corrected chi connectivity index (χ1v) is 33.4. The van der Waals surface area contributed by atoms with Gasteiger partial charge in [0, 0.05) is 54.2 Å². The lowest BCUT2D eigenvalue weighted by atomic mass is 9.99. The molecule has 0 unspecified atom stereocenters. The molecule has 0 fully saturated rings. The van der Waals surface area contributed by atoms with E-state index in [4.69, 9.17) is 0 Å². The van der Waals surface area contributed by atoms with E-state index >= 15 is 0 Å². The fraction of sp³-hybridized carbons (Fsp3) is 0.0220. The van der Waals surface area contributed by atoms with E-state index in [9.17, 15) is 5.26 Å². The van der Waals surface area contributed by atoms with Crippen LogP contribution in [0.15, 0.2) is 322 Å². The zero-order chi connectivity index (χ0) is 63.8. The average molecular weight is 1240 g/mol. The number of hydrogen-bond acceptors (Lipinski definition) is 1. The molecule has 1 aliphatic rings. The highest BCUT2D eigenvalue weighted by atomic mass is 15.2. The number of aryl methyl sites for hydroxylation is 1. The molecule has 0 amide bonds. The maximum atomic E-state index is 13.5. The lowest BCUT2D eigenvalue weighted by Gasteiger charge is -2.30. The molecule has 0 saturated heterocycles. The predicted octanol–water partition coefficient (Wildman–Crippen LogP) is 23.5. The van der Waals surface area contributed by atoms with Gasteiger partial charge in [-0.2, -0.15) is 5.26 Å². The van der Waals surface area contributed by atoms with Crippen molar-refractivity contribution in [3.63, 3.8) is 0 Å². The van der Waals surface area contributed by atoms with Crippen LogP contribution in [0.2, 0.25) is 0 Å². The van der Waals surface area contributed by atoms with E-state index in [0.29, 0.717) is 5.56 Å². The van der Waals surface area contributed by atoms with Crippen LogP contribution in [0, 0.1) is 11.3 Å². The molecule has 6 nitrogen and oxygen atoms in total. The molecule has 6 heteroatoms. The summed E-state index contributed by atoms with van der Waals surface area (Å²) in [6.07, 6.45) is 6.40. The molecule has 5 heterocycles. The second kappa shape index (κ2) is 21.6. The summed E-state index contributed by atoms with van der Waals surface area (Å²) in [5, 5.41) is 23.5. The number of nitrogens with zero attached hydrogens (tertiary/aromatic N) is 6. The van der Waals surface area contributed by atoms with Crippen LogP contribution >= 0.6 is 0 Å². The number of hydrogen-bond donors (Lipinski definition) is 0. The van der Waals surface area contributed by atoms with Crippen LogP contribution < -0.4 is 0 Å². The summed E-state index contributed by atoms with van der Waals surface area (Å²) in [5.74, 6) is 0. The summed E-state index contributed by atoms with van der Waals surface area (Å²) in [7, 11) is 0. The molecule has 20 rings (SSSR count). The normalized spacial score (nSPS) is 12.4. The van der Waals surface area contributed by atoms with Gasteiger partial charge in [-0.15, -0.1) is 0 Å². The minimum Gasteiger partial charge on any atom is -0.306 e. The number of aromatic nitrogens is 5. The Morgan fingerprint density at radius 2 is 0.505 bits per heavy atom. The van der Waals surface area contributed by atoms with Crippen LogP contribution in [-0.4, -0.2) is 22.8 Å². The molecule has 0 radical (unpaired) electrons. The van der Waals surface area contributed by atoms with Crippen molar-refractivity contribution in [2.24, 2.45) is 0 Å². The lowest BCUT2D eigenvalue weighted by Crippen LogP contribution is -2.19. The Balaban J connectivity index is 1.10. The Bertz CT molecular complexity index is 6240. The first-order valence-electron chi connectivity index (χ1n) is 33.4. The predicted molar refractivity (Wildman–Crippen MR) is 404 cm³/mol. The summed E-state index contributed by atoms with van der Waals surface area (Å²) < 4.78 is 12.6. The largest absolute Gasteiger partial charge is 0.306 e. The first kappa shape index (κ1) is 54.6. The van der Waals surface area contributed by atoms with Crippen molar-refractivity contribution in [2.75, 3.05) is 0 Å². The van der Waals surface area contributed by atoms with Crippen LogP contribution in [0.3, 0.4) is 0 Å². The van der Waals surface area contributed by atoms with Crippen molar-refractivity contribution in [3.8, 4) is 79.0 Å². The summed E-state index contributed by atoms with van der Waals surface area (Å²) in [4.78, 5) is 0. The Labute approximate surface area is 559 Å². The summed E-state index contributed by atoms with van der Waals surface area (Å²) in [5.41, 5.74) is 25.1. The maximum absolute atomic E-state index is 13.5. The number of rotatable bonds is 9. The molecule has 97 heavy (non-hydrogen) atoms. The van der Waals surface area contributed by atoms with E-state index in [1.165, 1.54) is 10.9 Å². The highest BCUT2D eigenvalue weighted by Crippen LogP contribution is 2.53. The monoisotopic (exact) mass is 1230 g/mol. The number of fused-ring (bicyclic) bond motifs is 15. The van der Waals surface area contributed by atoms with Gasteiger partial charge in [0.25, 0.3) is 0 Å². The zero-order valence-electron chi connectivity index (χ0n) is 52.8. The summed E-state index contributed by atoms with van der Waals surface area (Å²) >= 11 is 0.